The molecule has 0 aliphatic carbocycles. The van der Waals surface area contributed by atoms with Crippen LogP contribution in [0.15, 0.2) is 59.4 Å². The van der Waals surface area contributed by atoms with Crippen molar-refractivity contribution in [3.8, 4) is 5.75 Å². The van der Waals surface area contributed by atoms with E-state index in [0.717, 1.165) is 16.2 Å². The molecule has 27 heavy (non-hydrogen) atoms. The molecule has 2 aromatic carbocycles. The lowest BCUT2D eigenvalue weighted by atomic mass is 10.1. The highest BCUT2D eigenvalue weighted by molar-refractivity contribution is 7.59. The van der Waals surface area contributed by atoms with Gasteiger partial charge in [0, 0.05) is 17.4 Å². The fourth-order valence-corrected chi connectivity index (χ4v) is 3.68. The van der Waals surface area contributed by atoms with E-state index in [1.54, 1.807) is 12.1 Å². The van der Waals surface area contributed by atoms with Crippen LogP contribution in [0.25, 0.3) is 0 Å². The first-order chi connectivity index (χ1) is 13.0. The van der Waals surface area contributed by atoms with E-state index in [1.807, 2.05) is 42.5 Å². The van der Waals surface area contributed by atoms with Crippen molar-refractivity contribution in [3.63, 3.8) is 0 Å². The first kappa shape index (κ1) is 19.1. The lowest BCUT2D eigenvalue weighted by molar-refractivity contribution is -0.169. The van der Waals surface area contributed by atoms with E-state index < -0.39 is 14.1 Å². The van der Waals surface area contributed by atoms with Crippen LogP contribution in [0.3, 0.4) is 0 Å². The van der Waals surface area contributed by atoms with Crippen molar-refractivity contribution in [2.45, 2.75) is 19.4 Å². The van der Waals surface area contributed by atoms with Crippen molar-refractivity contribution in [1.82, 2.24) is 5.06 Å². The van der Waals surface area contributed by atoms with Gasteiger partial charge >= 0.3 is 14.1 Å². The number of hydrogen-bond donors (Lipinski definition) is 2. The molecule has 0 saturated carbocycles. The number of para-hydroxylation sites is 1. The van der Waals surface area contributed by atoms with E-state index in [9.17, 15) is 9.69 Å². The summed E-state index contributed by atoms with van der Waals surface area (Å²) < 4.78 is 14.7. The third-order valence-electron chi connectivity index (χ3n) is 3.83. The molecule has 9 heteroatoms. The zero-order valence-electron chi connectivity index (χ0n) is 14.8. The Morgan fingerprint density at radius 1 is 1.26 bits per heavy atom. The van der Waals surface area contributed by atoms with Gasteiger partial charge in [0.05, 0.1) is 6.42 Å². The van der Waals surface area contributed by atoms with Crippen LogP contribution in [-0.4, -0.2) is 28.9 Å². The molecular weight excluding hydrogens is 369 g/mol. The normalized spacial score (nSPS) is 19.0. The third-order valence-corrected chi connectivity index (χ3v) is 5.19. The highest BCUT2D eigenvalue weighted by Crippen LogP contribution is 2.61. The molecule has 0 bridgehead atoms. The molecule has 0 spiro atoms. The number of hydrogen-bond acceptors (Lipinski definition) is 6. The van der Waals surface area contributed by atoms with Gasteiger partial charge in [0.2, 0.25) is 0 Å². The standard InChI is InChI=1S/C18H21N3O5P/c1-21(25-17(22)12-11-14-7-3-2-4-8-14)18(19)20-27(23)24-13-15-9-5-6-10-16(15)26-27/h2-10,23H,11-13H2,1H3,(H2,19,20)/q+1. The first-order valence-electron chi connectivity index (χ1n) is 8.33. The maximum atomic E-state index is 12.0. The summed E-state index contributed by atoms with van der Waals surface area (Å²) in [5.41, 5.74) is 7.65. The Morgan fingerprint density at radius 2 is 1.96 bits per heavy atom. The van der Waals surface area contributed by atoms with Gasteiger partial charge in [-0.1, -0.05) is 48.5 Å². The number of benzene rings is 2. The molecule has 1 aliphatic heterocycles. The summed E-state index contributed by atoms with van der Waals surface area (Å²) in [6.07, 6.45) is 0.728. The van der Waals surface area contributed by atoms with Gasteiger partial charge in [-0.3, -0.25) is 4.52 Å². The van der Waals surface area contributed by atoms with Crippen molar-refractivity contribution < 1.29 is 23.6 Å². The summed E-state index contributed by atoms with van der Waals surface area (Å²) in [4.78, 5) is 27.6. The predicted molar refractivity (Wildman–Crippen MR) is 101 cm³/mol. The van der Waals surface area contributed by atoms with Gasteiger partial charge in [0.15, 0.2) is 5.75 Å². The quantitative estimate of drug-likeness (QED) is 0.358. The molecule has 142 valence electrons. The second kappa shape index (κ2) is 8.35. The number of guanidine groups is 1. The molecule has 0 aromatic heterocycles. The molecule has 0 saturated heterocycles. The van der Waals surface area contributed by atoms with Gasteiger partial charge < -0.3 is 10.6 Å². The van der Waals surface area contributed by atoms with Crippen LogP contribution in [0.2, 0.25) is 0 Å². The van der Waals surface area contributed by atoms with Gasteiger partial charge in [-0.25, -0.2) is 4.79 Å². The number of fused-ring (bicyclic) bond motifs is 1. The van der Waals surface area contributed by atoms with Crippen molar-refractivity contribution in [3.05, 3.63) is 65.7 Å². The Labute approximate surface area is 157 Å². The molecule has 0 amide bonds. The van der Waals surface area contributed by atoms with E-state index >= 15 is 0 Å². The Balaban J connectivity index is 1.56. The maximum Gasteiger partial charge on any atom is 0.600 e. The molecule has 3 rings (SSSR count). The number of aryl methyl sites for hydroxylation is 1. The minimum atomic E-state index is -3.58. The molecular formula is C18H21N3O5P+. The summed E-state index contributed by atoms with van der Waals surface area (Å²) in [5.74, 6) is -0.211. The number of nitrogens with zero attached hydrogens (tertiary/aromatic N) is 2. The van der Waals surface area contributed by atoms with Crippen LogP contribution in [0.4, 0.5) is 0 Å². The Hall–Kier alpha value is -2.67. The molecule has 0 radical (unpaired) electrons. The SMILES string of the molecule is CN(OC(=O)CCc1ccccc1)C(N)=N[P+]1(O)OCc2ccccc2O1. The molecule has 8 nitrogen and oxygen atoms in total. The maximum absolute atomic E-state index is 12.0. The number of nitrogens with two attached hydrogens (primary N) is 1. The molecule has 1 unspecified atom stereocenters. The summed E-state index contributed by atoms with van der Waals surface area (Å²) in [6, 6.07) is 16.7. The predicted octanol–water partition coefficient (Wildman–Crippen LogP) is 2.60. The lowest BCUT2D eigenvalue weighted by Crippen LogP contribution is -2.36. The first-order valence-corrected chi connectivity index (χ1v) is 9.86. The van der Waals surface area contributed by atoms with E-state index in [0.29, 0.717) is 12.2 Å². The van der Waals surface area contributed by atoms with E-state index in [2.05, 4.69) is 4.76 Å². The van der Waals surface area contributed by atoms with Crippen LogP contribution in [0.5, 0.6) is 5.75 Å². The smallest absolute Gasteiger partial charge is 0.364 e. The van der Waals surface area contributed by atoms with Gasteiger partial charge in [-0.2, -0.15) is 9.96 Å². The lowest BCUT2D eigenvalue weighted by Gasteiger charge is -2.21. The molecule has 2 aromatic rings. The molecule has 0 fully saturated rings. The number of rotatable bonds is 4. The summed E-state index contributed by atoms with van der Waals surface area (Å²) >= 11 is 0. The minimum Gasteiger partial charge on any atom is -0.364 e. The van der Waals surface area contributed by atoms with Crippen LogP contribution in [0, 0.1) is 0 Å². The Kier molecular flexibility index (Phi) is 5.91. The highest BCUT2D eigenvalue weighted by Gasteiger charge is 2.49. The fraction of sp³-hybridized carbons (Fsp3) is 0.222. The van der Waals surface area contributed by atoms with Crippen LogP contribution >= 0.6 is 8.09 Å². The zero-order valence-corrected chi connectivity index (χ0v) is 15.7. The number of carbonyl (C=O) groups is 1. The van der Waals surface area contributed by atoms with Crippen molar-refractivity contribution in [2.75, 3.05) is 7.05 Å². The summed E-state index contributed by atoms with van der Waals surface area (Å²) in [7, 11) is -2.16. The van der Waals surface area contributed by atoms with E-state index in [4.69, 9.17) is 19.6 Å². The van der Waals surface area contributed by atoms with Crippen LogP contribution in [-0.2, 0) is 27.2 Å². The van der Waals surface area contributed by atoms with Crippen molar-refractivity contribution in [1.29, 1.82) is 0 Å². The average Bonchev–Trinajstić information content (AvgIpc) is 2.66. The minimum absolute atomic E-state index is 0.151. The monoisotopic (exact) mass is 390 g/mol. The van der Waals surface area contributed by atoms with E-state index in [-0.39, 0.29) is 19.0 Å². The van der Waals surface area contributed by atoms with E-state index in [1.165, 1.54) is 7.05 Å². The number of hydroxylamine groups is 2. The second-order valence-electron chi connectivity index (χ2n) is 5.87. The fourth-order valence-electron chi connectivity index (χ4n) is 2.40. The van der Waals surface area contributed by atoms with Crippen LogP contribution < -0.4 is 10.3 Å². The van der Waals surface area contributed by atoms with Crippen molar-refractivity contribution >= 4 is 20.0 Å². The summed E-state index contributed by atoms with van der Waals surface area (Å²) in [5, 5.41) is 0.985. The second-order valence-corrected chi connectivity index (χ2v) is 7.49. The highest BCUT2D eigenvalue weighted by atomic mass is 31.2. The zero-order chi connectivity index (χ0) is 19.3. The van der Waals surface area contributed by atoms with Crippen molar-refractivity contribution in [2.24, 2.45) is 10.5 Å². The largest absolute Gasteiger partial charge is 0.600 e. The molecule has 1 heterocycles. The molecule has 3 N–H and O–H groups in total. The van der Waals surface area contributed by atoms with Gasteiger partial charge in [0.1, 0.15) is 6.61 Å². The van der Waals surface area contributed by atoms with Gasteiger partial charge in [-0.15, -0.1) is 4.52 Å². The topological polar surface area (TPSA) is 107 Å². The van der Waals surface area contributed by atoms with Gasteiger partial charge in [-0.05, 0) is 18.1 Å². The Bertz CT molecular complexity index is 833. The summed E-state index contributed by atoms with van der Waals surface area (Å²) in [6.45, 7) is 0.151. The van der Waals surface area contributed by atoms with Crippen LogP contribution in [0.1, 0.15) is 17.5 Å². The average molecular weight is 390 g/mol. The molecule has 1 aliphatic rings. The Morgan fingerprint density at radius 3 is 2.74 bits per heavy atom. The van der Waals surface area contributed by atoms with Gasteiger partial charge in [0.25, 0.3) is 5.96 Å². The third kappa shape index (κ3) is 5.17. The number of carbonyl (C=O) groups excluding carboxylic acids is 1. The molecule has 1 atom stereocenters.